The molecule has 0 aliphatic rings. The van der Waals surface area contributed by atoms with Gasteiger partial charge in [-0.1, -0.05) is 28.1 Å². The number of anilines is 1. The molecule has 104 valence electrons. The smallest absolute Gasteiger partial charge is 0.328 e. The minimum Gasteiger partial charge on any atom is -0.480 e. The molecule has 1 aromatic heterocycles. The van der Waals surface area contributed by atoms with Crippen molar-refractivity contribution in [1.82, 2.24) is 10.2 Å². The van der Waals surface area contributed by atoms with Crippen LogP contribution in [0.25, 0.3) is 11.3 Å². The molecule has 1 heterocycles. The molecule has 6 heteroatoms. The molecule has 0 amide bonds. The van der Waals surface area contributed by atoms with Crippen LogP contribution in [0, 0.1) is 0 Å². The van der Waals surface area contributed by atoms with E-state index in [1.54, 1.807) is 26.0 Å². The predicted molar refractivity (Wildman–Crippen MR) is 80.5 cm³/mol. The van der Waals surface area contributed by atoms with Gasteiger partial charge in [-0.15, -0.1) is 10.2 Å². The highest BCUT2D eigenvalue weighted by molar-refractivity contribution is 9.10. The number of aliphatic carboxylic acids is 1. The monoisotopic (exact) mass is 335 g/mol. The molecule has 1 aromatic carbocycles. The number of benzene rings is 1. The van der Waals surface area contributed by atoms with Gasteiger partial charge < -0.3 is 10.4 Å². The number of nitrogens with one attached hydrogen (secondary N) is 1. The van der Waals surface area contributed by atoms with Crippen LogP contribution in [0.2, 0.25) is 0 Å². The van der Waals surface area contributed by atoms with Crippen molar-refractivity contribution in [2.75, 3.05) is 5.32 Å². The zero-order valence-electron chi connectivity index (χ0n) is 11.1. The molecular formula is C14H14BrN3O2. The first-order valence-corrected chi connectivity index (χ1v) is 6.79. The van der Waals surface area contributed by atoms with Crippen LogP contribution in [0.3, 0.4) is 0 Å². The fourth-order valence-corrected chi connectivity index (χ4v) is 1.81. The Kier molecular flexibility index (Phi) is 4.04. The Morgan fingerprint density at radius 2 is 1.80 bits per heavy atom. The standard InChI is InChI=1S/C14H14BrN3O2/c1-14(2,13(19)20)16-12-8-7-11(17-18-12)9-3-5-10(15)6-4-9/h3-8H,1-2H3,(H,16,18)(H,19,20). The van der Waals surface area contributed by atoms with E-state index in [2.05, 4.69) is 31.4 Å². The van der Waals surface area contributed by atoms with Crippen LogP contribution in [0.15, 0.2) is 40.9 Å². The summed E-state index contributed by atoms with van der Waals surface area (Å²) in [5.41, 5.74) is 0.592. The summed E-state index contributed by atoms with van der Waals surface area (Å²) in [5, 5.41) is 20.0. The van der Waals surface area contributed by atoms with Gasteiger partial charge in [0.25, 0.3) is 0 Å². The molecule has 0 bridgehead atoms. The zero-order chi connectivity index (χ0) is 14.8. The number of nitrogens with zero attached hydrogens (tertiary/aromatic N) is 2. The molecule has 0 radical (unpaired) electrons. The van der Waals surface area contributed by atoms with E-state index in [9.17, 15) is 4.79 Å². The lowest BCUT2D eigenvalue weighted by molar-refractivity contribution is -0.141. The SMILES string of the molecule is CC(C)(Nc1ccc(-c2ccc(Br)cc2)nn1)C(=O)O. The first-order chi connectivity index (χ1) is 9.38. The van der Waals surface area contributed by atoms with Gasteiger partial charge in [-0.05, 0) is 38.1 Å². The molecule has 0 saturated carbocycles. The maximum atomic E-state index is 11.0. The summed E-state index contributed by atoms with van der Waals surface area (Å²) in [6, 6.07) is 11.2. The zero-order valence-corrected chi connectivity index (χ0v) is 12.7. The van der Waals surface area contributed by atoms with E-state index < -0.39 is 11.5 Å². The molecule has 0 unspecified atom stereocenters. The van der Waals surface area contributed by atoms with E-state index in [0.29, 0.717) is 5.82 Å². The third-order valence-electron chi connectivity index (χ3n) is 2.78. The average molecular weight is 336 g/mol. The quantitative estimate of drug-likeness (QED) is 0.897. The minimum absolute atomic E-state index is 0.429. The van der Waals surface area contributed by atoms with Crippen molar-refractivity contribution >= 4 is 27.7 Å². The second-order valence-electron chi connectivity index (χ2n) is 4.87. The molecule has 0 saturated heterocycles. The Hall–Kier alpha value is -1.95. The first kappa shape index (κ1) is 14.5. The Morgan fingerprint density at radius 3 is 2.30 bits per heavy atom. The Labute approximate surface area is 125 Å². The number of carboxylic acid groups (broad SMARTS) is 1. The molecule has 0 aliphatic carbocycles. The van der Waals surface area contributed by atoms with Crippen LogP contribution >= 0.6 is 15.9 Å². The summed E-state index contributed by atoms with van der Waals surface area (Å²) in [6.45, 7) is 3.14. The lowest BCUT2D eigenvalue weighted by Crippen LogP contribution is -2.40. The normalized spacial score (nSPS) is 11.2. The van der Waals surface area contributed by atoms with Crippen molar-refractivity contribution in [3.63, 3.8) is 0 Å². The molecule has 0 atom stereocenters. The van der Waals surface area contributed by atoms with E-state index in [0.717, 1.165) is 15.7 Å². The minimum atomic E-state index is -1.09. The summed E-state index contributed by atoms with van der Waals surface area (Å²) in [4.78, 5) is 11.0. The summed E-state index contributed by atoms with van der Waals surface area (Å²) >= 11 is 3.37. The van der Waals surface area contributed by atoms with Gasteiger partial charge in [0.05, 0.1) is 5.69 Å². The fourth-order valence-electron chi connectivity index (χ4n) is 1.55. The Balaban J connectivity index is 2.18. The topological polar surface area (TPSA) is 75.1 Å². The number of carboxylic acids is 1. The van der Waals surface area contributed by atoms with Crippen LogP contribution in [-0.4, -0.2) is 26.8 Å². The maximum absolute atomic E-state index is 11.0. The number of rotatable bonds is 4. The largest absolute Gasteiger partial charge is 0.480 e. The molecule has 0 aliphatic heterocycles. The second kappa shape index (κ2) is 5.58. The molecule has 20 heavy (non-hydrogen) atoms. The Morgan fingerprint density at radius 1 is 1.15 bits per heavy atom. The average Bonchev–Trinajstić information content (AvgIpc) is 2.40. The predicted octanol–water partition coefficient (Wildman–Crippen LogP) is 3.18. The number of aromatic nitrogens is 2. The van der Waals surface area contributed by atoms with Crippen LogP contribution in [-0.2, 0) is 4.79 Å². The third kappa shape index (κ3) is 3.33. The van der Waals surface area contributed by atoms with Crippen molar-refractivity contribution in [3.8, 4) is 11.3 Å². The first-order valence-electron chi connectivity index (χ1n) is 6.00. The van der Waals surface area contributed by atoms with E-state index in [4.69, 9.17) is 5.11 Å². The van der Waals surface area contributed by atoms with Crippen LogP contribution in [0.5, 0.6) is 0 Å². The maximum Gasteiger partial charge on any atom is 0.328 e. The highest BCUT2D eigenvalue weighted by Gasteiger charge is 2.27. The molecule has 5 nitrogen and oxygen atoms in total. The summed E-state index contributed by atoms with van der Waals surface area (Å²) in [5.74, 6) is -0.519. The van der Waals surface area contributed by atoms with Crippen LogP contribution in [0.4, 0.5) is 5.82 Å². The van der Waals surface area contributed by atoms with Crippen molar-refractivity contribution in [3.05, 3.63) is 40.9 Å². The van der Waals surface area contributed by atoms with Gasteiger partial charge >= 0.3 is 5.97 Å². The lowest BCUT2D eigenvalue weighted by atomic mass is 10.1. The van der Waals surface area contributed by atoms with Gasteiger partial charge in [0.2, 0.25) is 0 Å². The van der Waals surface area contributed by atoms with E-state index >= 15 is 0 Å². The highest BCUT2D eigenvalue weighted by Crippen LogP contribution is 2.20. The van der Waals surface area contributed by atoms with E-state index in [1.807, 2.05) is 24.3 Å². The van der Waals surface area contributed by atoms with Crippen molar-refractivity contribution in [1.29, 1.82) is 0 Å². The fraction of sp³-hybridized carbons (Fsp3) is 0.214. The summed E-state index contributed by atoms with van der Waals surface area (Å²) < 4.78 is 0.996. The van der Waals surface area contributed by atoms with Crippen LogP contribution in [0.1, 0.15) is 13.8 Å². The van der Waals surface area contributed by atoms with Gasteiger partial charge in [0.1, 0.15) is 11.4 Å². The van der Waals surface area contributed by atoms with Gasteiger partial charge in [-0.2, -0.15) is 0 Å². The Bertz CT molecular complexity index is 609. The molecule has 2 N–H and O–H groups in total. The van der Waals surface area contributed by atoms with Crippen molar-refractivity contribution < 1.29 is 9.90 Å². The summed E-state index contributed by atoms with van der Waals surface area (Å²) in [6.07, 6.45) is 0. The van der Waals surface area contributed by atoms with Gasteiger partial charge in [0.15, 0.2) is 0 Å². The number of hydrogen-bond acceptors (Lipinski definition) is 4. The number of hydrogen-bond donors (Lipinski definition) is 2. The molecule has 0 spiro atoms. The van der Waals surface area contributed by atoms with Crippen molar-refractivity contribution in [2.45, 2.75) is 19.4 Å². The van der Waals surface area contributed by atoms with E-state index in [-0.39, 0.29) is 0 Å². The van der Waals surface area contributed by atoms with Gasteiger partial charge in [-0.25, -0.2) is 4.79 Å². The molecule has 0 fully saturated rings. The van der Waals surface area contributed by atoms with Crippen LogP contribution < -0.4 is 5.32 Å². The van der Waals surface area contributed by atoms with Crippen molar-refractivity contribution in [2.24, 2.45) is 0 Å². The number of carbonyl (C=O) groups is 1. The molecule has 2 aromatic rings. The second-order valence-corrected chi connectivity index (χ2v) is 5.78. The third-order valence-corrected chi connectivity index (χ3v) is 3.31. The molecule has 2 rings (SSSR count). The van der Waals surface area contributed by atoms with Gasteiger partial charge in [0, 0.05) is 10.0 Å². The summed E-state index contributed by atoms with van der Waals surface area (Å²) in [7, 11) is 0. The molecular weight excluding hydrogens is 322 g/mol. The highest BCUT2D eigenvalue weighted by atomic mass is 79.9. The number of halogens is 1. The lowest BCUT2D eigenvalue weighted by Gasteiger charge is -2.21. The van der Waals surface area contributed by atoms with Gasteiger partial charge in [-0.3, -0.25) is 0 Å². The van der Waals surface area contributed by atoms with E-state index in [1.165, 1.54) is 0 Å².